The maximum atomic E-state index is 13.4. The number of aromatic nitrogens is 1. The summed E-state index contributed by atoms with van der Waals surface area (Å²) in [4.78, 5) is 3.57. The molecule has 0 amide bonds. The molecule has 2 N–H and O–H groups in total. The second kappa shape index (κ2) is 5.70. The summed E-state index contributed by atoms with van der Waals surface area (Å²) in [6, 6.07) is 3.17. The maximum Gasteiger partial charge on any atom is 0.279 e. The molecule has 1 aromatic carbocycles. The zero-order valence-electron chi connectivity index (χ0n) is 10.3. The number of pyridine rings is 1. The second-order valence-electron chi connectivity index (χ2n) is 4.02. The van der Waals surface area contributed by atoms with Crippen LogP contribution in [0.2, 0.25) is 0 Å². The Morgan fingerprint density at radius 3 is 2.48 bits per heavy atom. The van der Waals surface area contributed by atoms with Gasteiger partial charge in [-0.15, -0.1) is 0 Å². The largest absolute Gasteiger partial charge is 0.392 e. The number of nitrogens with zero attached hydrogens (tertiary/aromatic N) is 1. The zero-order chi connectivity index (χ0) is 15.6. The number of hydrogen-bond acceptors (Lipinski definition) is 4. The van der Waals surface area contributed by atoms with Crippen LogP contribution in [-0.4, -0.2) is 18.5 Å². The highest BCUT2D eigenvalue weighted by Crippen LogP contribution is 2.22. The average Bonchev–Trinajstić information content (AvgIpc) is 2.44. The Morgan fingerprint density at radius 1 is 1.19 bits per heavy atom. The summed E-state index contributed by atoms with van der Waals surface area (Å²) < 4.78 is 65.0. The van der Waals surface area contributed by atoms with Gasteiger partial charge in [-0.25, -0.2) is 18.2 Å². The standard InChI is InChI=1S/C12H9F3N2O3S/c13-8-3-9(14)12(15)10(4-8)17-21(19,20)11-2-1-7(6-18)5-16-11/h1-5,17-18H,6H2. The van der Waals surface area contributed by atoms with Crippen LogP contribution in [0.25, 0.3) is 0 Å². The summed E-state index contributed by atoms with van der Waals surface area (Å²) in [6.45, 7) is -0.329. The molecule has 0 fully saturated rings. The highest BCUT2D eigenvalue weighted by molar-refractivity contribution is 7.92. The van der Waals surface area contributed by atoms with E-state index in [0.717, 1.165) is 12.3 Å². The van der Waals surface area contributed by atoms with Gasteiger partial charge in [-0.05, 0) is 11.6 Å². The molecule has 1 aromatic heterocycles. The molecule has 2 rings (SSSR count). The van der Waals surface area contributed by atoms with E-state index in [9.17, 15) is 21.6 Å². The molecule has 0 saturated heterocycles. The lowest BCUT2D eigenvalue weighted by molar-refractivity contribution is 0.281. The topological polar surface area (TPSA) is 79.3 Å². The van der Waals surface area contributed by atoms with Crippen molar-refractivity contribution in [1.82, 2.24) is 4.98 Å². The first-order valence-electron chi connectivity index (χ1n) is 5.56. The third kappa shape index (κ3) is 3.31. The Bertz CT molecular complexity index is 764. The van der Waals surface area contributed by atoms with Crippen molar-refractivity contribution in [3.63, 3.8) is 0 Å². The highest BCUT2D eigenvalue weighted by Gasteiger charge is 2.20. The third-order valence-corrected chi connectivity index (χ3v) is 3.77. The molecule has 2 aromatic rings. The summed E-state index contributed by atoms with van der Waals surface area (Å²) >= 11 is 0. The molecular weight excluding hydrogens is 309 g/mol. The molecular formula is C12H9F3N2O3S. The van der Waals surface area contributed by atoms with E-state index in [4.69, 9.17) is 5.11 Å². The molecule has 1 heterocycles. The van der Waals surface area contributed by atoms with Crippen LogP contribution >= 0.6 is 0 Å². The van der Waals surface area contributed by atoms with E-state index < -0.39 is 38.2 Å². The van der Waals surface area contributed by atoms with E-state index in [1.54, 1.807) is 4.72 Å². The predicted molar refractivity (Wildman–Crippen MR) is 67.3 cm³/mol. The molecule has 0 atom stereocenters. The van der Waals surface area contributed by atoms with Crippen molar-refractivity contribution in [2.75, 3.05) is 4.72 Å². The Morgan fingerprint density at radius 2 is 1.90 bits per heavy atom. The summed E-state index contributed by atoms with van der Waals surface area (Å²) in [5.41, 5.74) is -0.488. The third-order valence-electron chi connectivity index (χ3n) is 2.49. The smallest absolute Gasteiger partial charge is 0.279 e. The number of aliphatic hydroxyl groups is 1. The van der Waals surface area contributed by atoms with E-state index >= 15 is 0 Å². The second-order valence-corrected chi connectivity index (χ2v) is 5.65. The van der Waals surface area contributed by atoms with E-state index in [1.165, 1.54) is 6.07 Å². The average molecular weight is 318 g/mol. The number of aliphatic hydroxyl groups excluding tert-OH is 1. The van der Waals surface area contributed by atoms with Gasteiger partial charge in [-0.1, -0.05) is 6.07 Å². The van der Waals surface area contributed by atoms with Gasteiger partial charge in [0.15, 0.2) is 16.7 Å². The van der Waals surface area contributed by atoms with Crippen molar-refractivity contribution in [2.24, 2.45) is 0 Å². The predicted octanol–water partition coefficient (Wildman–Crippen LogP) is 1.79. The summed E-state index contributed by atoms with van der Waals surface area (Å²) in [7, 11) is -4.31. The van der Waals surface area contributed by atoms with Gasteiger partial charge in [0.25, 0.3) is 10.0 Å². The molecule has 0 aliphatic heterocycles. The molecule has 0 radical (unpaired) electrons. The van der Waals surface area contributed by atoms with Crippen LogP contribution in [0.5, 0.6) is 0 Å². The molecule has 0 bridgehead atoms. The monoisotopic (exact) mass is 318 g/mol. The van der Waals surface area contributed by atoms with Crippen LogP contribution in [0, 0.1) is 17.5 Å². The van der Waals surface area contributed by atoms with Gasteiger partial charge in [0.1, 0.15) is 5.82 Å². The Balaban J connectivity index is 2.37. The van der Waals surface area contributed by atoms with Crippen molar-refractivity contribution < 1.29 is 26.7 Å². The fraction of sp³-hybridized carbons (Fsp3) is 0.0833. The van der Waals surface area contributed by atoms with E-state index in [2.05, 4.69) is 4.98 Å². The first-order chi connectivity index (χ1) is 9.83. The fourth-order valence-corrected chi connectivity index (χ4v) is 2.47. The van der Waals surface area contributed by atoms with Gasteiger partial charge in [0, 0.05) is 18.3 Å². The van der Waals surface area contributed by atoms with Gasteiger partial charge in [0.2, 0.25) is 0 Å². The van der Waals surface area contributed by atoms with Crippen LogP contribution in [-0.2, 0) is 16.6 Å². The minimum Gasteiger partial charge on any atom is -0.392 e. The van der Waals surface area contributed by atoms with Gasteiger partial charge in [0.05, 0.1) is 12.3 Å². The minimum absolute atomic E-state index is 0.293. The van der Waals surface area contributed by atoms with Crippen molar-refractivity contribution in [3.05, 3.63) is 53.5 Å². The Hall–Kier alpha value is -2.13. The number of anilines is 1. The SMILES string of the molecule is O=S(=O)(Nc1cc(F)cc(F)c1F)c1ccc(CO)cn1. The molecule has 0 aliphatic rings. The number of sulfonamides is 1. The number of halogens is 3. The number of rotatable bonds is 4. The molecule has 21 heavy (non-hydrogen) atoms. The van der Waals surface area contributed by atoms with Gasteiger partial charge in [-0.2, -0.15) is 8.42 Å². The lowest BCUT2D eigenvalue weighted by Gasteiger charge is -2.09. The molecule has 112 valence electrons. The van der Waals surface area contributed by atoms with Crippen LogP contribution in [0.15, 0.2) is 35.5 Å². The van der Waals surface area contributed by atoms with Gasteiger partial charge in [-0.3, -0.25) is 4.72 Å². The summed E-state index contributed by atoms with van der Waals surface area (Å²) in [5, 5.41) is 8.34. The quantitative estimate of drug-likeness (QED) is 0.843. The van der Waals surface area contributed by atoms with E-state index in [-0.39, 0.29) is 6.61 Å². The molecule has 0 spiro atoms. The fourth-order valence-electron chi connectivity index (χ4n) is 1.49. The van der Waals surface area contributed by atoms with Gasteiger partial charge < -0.3 is 5.11 Å². The summed E-state index contributed by atoms with van der Waals surface area (Å²) in [5.74, 6) is -4.17. The van der Waals surface area contributed by atoms with Crippen molar-refractivity contribution in [3.8, 4) is 0 Å². The van der Waals surface area contributed by atoms with Crippen LogP contribution in [0.4, 0.5) is 18.9 Å². The minimum atomic E-state index is -4.31. The van der Waals surface area contributed by atoms with Crippen LogP contribution in [0.3, 0.4) is 0 Å². The number of benzene rings is 1. The molecule has 9 heteroatoms. The Kier molecular flexibility index (Phi) is 4.14. The molecule has 5 nitrogen and oxygen atoms in total. The van der Waals surface area contributed by atoms with Crippen molar-refractivity contribution in [2.45, 2.75) is 11.6 Å². The number of hydrogen-bond donors (Lipinski definition) is 2. The normalized spacial score (nSPS) is 11.4. The van der Waals surface area contributed by atoms with Gasteiger partial charge >= 0.3 is 0 Å². The van der Waals surface area contributed by atoms with Crippen molar-refractivity contribution >= 4 is 15.7 Å². The molecule has 0 saturated carbocycles. The maximum absolute atomic E-state index is 13.4. The molecule has 0 aliphatic carbocycles. The van der Waals surface area contributed by atoms with Crippen LogP contribution in [0.1, 0.15) is 5.56 Å². The lowest BCUT2D eigenvalue weighted by Crippen LogP contribution is -2.16. The van der Waals surface area contributed by atoms with Crippen molar-refractivity contribution in [1.29, 1.82) is 0 Å². The summed E-state index contributed by atoms with van der Waals surface area (Å²) in [6.07, 6.45) is 1.11. The number of nitrogens with one attached hydrogen (secondary N) is 1. The first kappa shape index (κ1) is 15.3. The lowest BCUT2D eigenvalue weighted by atomic mass is 10.3. The highest BCUT2D eigenvalue weighted by atomic mass is 32.2. The van der Waals surface area contributed by atoms with E-state index in [1.807, 2.05) is 0 Å². The zero-order valence-corrected chi connectivity index (χ0v) is 11.2. The first-order valence-corrected chi connectivity index (χ1v) is 7.05. The Labute approximate surface area is 118 Å². The molecule has 0 unspecified atom stereocenters. The van der Waals surface area contributed by atoms with Crippen LogP contribution < -0.4 is 4.72 Å². The van der Waals surface area contributed by atoms with E-state index in [0.29, 0.717) is 17.7 Å².